The van der Waals surface area contributed by atoms with Crippen molar-refractivity contribution >= 4 is 17.5 Å². The number of hydrogen-bond donors (Lipinski definition) is 1. The Balaban J connectivity index is 2.08. The van der Waals surface area contributed by atoms with E-state index in [0.29, 0.717) is 30.4 Å². The van der Waals surface area contributed by atoms with Gasteiger partial charge < -0.3 is 14.8 Å². The summed E-state index contributed by atoms with van der Waals surface area (Å²) in [5.41, 5.74) is 2.48. The largest absolute Gasteiger partial charge is 0.494 e. The minimum Gasteiger partial charge on any atom is -0.494 e. The predicted octanol–water partition coefficient (Wildman–Crippen LogP) is 5.55. The van der Waals surface area contributed by atoms with Gasteiger partial charge in [-0.3, -0.25) is 4.79 Å². The van der Waals surface area contributed by atoms with Crippen molar-refractivity contribution in [1.29, 1.82) is 0 Å². The highest BCUT2D eigenvalue weighted by molar-refractivity contribution is 6.30. The zero-order valence-electron chi connectivity index (χ0n) is 16.3. The van der Waals surface area contributed by atoms with Gasteiger partial charge in [-0.15, -0.1) is 0 Å². The van der Waals surface area contributed by atoms with Crippen LogP contribution in [0.15, 0.2) is 42.5 Å². The van der Waals surface area contributed by atoms with Gasteiger partial charge >= 0.3 is 0 Å². The molecule has 4 nitrogen and oxygen atoms in total. The molecule has 0 aliphatic rings. The predicted molar refractivity (Wildman–Crippen MR) is 110 cm³/mol. The van der Waals surface area contributed by atoms with Gasteiger partial charge in [-0.25, -0.2) is 0 Å². The van der Waals surface area contributed by atoms with Gasteiger partial charge in [0.15, 0.2) is 0 Å². The number of benzene rings is 2. The maximum absolute atomic E-state index is 12.7. The van der Waals surface area contributed by atoms with Gasteiger partial charge in [0.05, 0.1) is 19.3 Å². The fourth-order valence-corrected chi connectivity index (χ4v) is 2.80. The molecule has 0 fully saturated rings. The van der Waals surface area contributed by atoms with Crippen molar-refractivity contribution in [3.63, 3.8) is 0 Å². The van der Waals surface area contributed by atoms with E-state index in [0.717, 1.165) is 29.7 Å². The number of carbonyl (C=O) groups excluding carboxylic acids is 1. The molecule has 0 bridgehead atoms. The lowest BCUT2D eigenvalue weighted by Crippen LogP contribution is -2.26. The Labute approximate surface area is 166 Å². The summed E-state index contributed by atoms with van der Waals surface area (Å²) in [6, 6.07) is 12.8. The van der Waals surface area contributed by atoms with Crippen LogP contribution in [0.25, 0.3) is 0 Å². The van der Waals surface area contributed by atoms with E-state index in [1.165, 1.54) is 0 Å². The first-order chi connectivity index (χ1) is 13.0. The first kappa shape index (κ1) is 21.3. The van der Waals surface area contributed by atoms with Crippen molar-refractivity contribution in [2.45, 2.75) is 46.3 Å². The van der Waals surface area contributed by atoms with E-state index < -0.39 is 0 Å². The monoisotopic (exact) mass is 389 g/mol. The molecular formula is C22H28ClNO3. The van der Waals surface area contributed by atoms with E-state index in [4.69, 9.17) is 21.1 Å². The highest BCUT2D eigenvalue weighted by atomic mass is 35.5. The number of carbonyl (C=O) groups is 1. The van der Waals surface area contributed by atoms with Crippen LogP contribution >= 0.6 is 11.6 Å². The van der Waals surface area contributed by atoms with Crippen LogP contribution in [0.2, 0.25) is 5.02 Å². The summed E-state index contributed by atoms with van der Waals surface area (Å²) in [6.07, 6.45) is 2.10. The molecule has 2 aromatic carbocycles. The van der Waals surface area contributed by atoms with Crippen LogP contribution in [0.5, 0.6) is 5.75 Å². The van der Waals surface area contributed by atoms with Gasteiger partial charge in [0.25, 0.3) is 5.91 Å². The van der Waals surface area contributed by atoms with Gasteiger partial charge in [0.1, 0.15) is 5.75 Å². The summed E-state index contributed by atoms with van der Waals surface area (Å²) >= 11 is 5.93. The Morgan fingerprint density at radius 2 is 1.89 bits per heavy atom. The lowest BCUT2D eigenvalue weighted by molar-refractivity contribution is 0.0938. The molecule has 0 aliphatic heterocycles. The second-order valence-electron chi connectivity index (χ2n) is 6.41. The summed E-state index contributed by atoms with van der Waals surface area (Å²) < 4.78 is 11.4. The van der Waals surface area contributed by atoms with E-state index >= 15 is 0 Å². The van der Waals surface area contributed by atoms with E-state index in [9.17, 15) is 4.79 Å². The van der Waals surface area contributed by atoms with Crippen molar-refractivity contribution < 1.29 is 14.3 Å². The second-order valence-corrected chi connectivity index (χ2v) is 6.84. The van der Waals surface area contributed by atoms with Crippen molar-refractivity contribution in [3.8, 4) is 5.75 Å². The number of rotatable bonds is 10. The third-order valence-corrected chi connectivity index (χ3v) is 4.49. The Hall–Kier alpha value is -2.04. The topological polar surface area (TPSA) is 47.6 Å². The van der Waals surface area contributed by atoms with Crippen molar-refractivity contribution in [2.75, 3.05) is 13.2 Å². The van der Waals surface area contributed by atoms with Crippen molar-refractivity contribution in [3.05, 3.63) is 64.2 Å². The molecule has 146 valence electrons. The fraction of sp³-hybridized carbons (Fsp3) is 0.409. The zero-order valence-corrected chi connectivity index (χ0v) is 17.0. The molecule has 0 saturated heterocycles. The SMILES string of the molecule is CCCCOCc1cc(C(=O)NC(C)c2ccc(Cl)cc2)ccc1OCC. The lowest BCUT2D eigenvalue weighted by atomic mass is 10.1. The maximum atomic E-state index is 12.7. The molecule has 1 unspecified atom stereocenters. The van der Waals surface area contributed by atoms with Crippen LogP contribution in [0.3, 0.4) is 0 Å². The molecule has 5 heteroatoms. The fourth-order valence-electron chi connectivity index (χ4n) is 2.67. The van der Waals surface area contributed by atoms with Crippen LogP contribution in [-0.4, -0.2) is 19.1 Å². The molecule has 0 heterocycles. The summed E-state index contributed by atoms with van der Waals surface area (Å²) in [5.74, 6) is 0.631. The molecule has 2 aromatic rings. The second kappa shape index (κ2) is 11.0. The molecule has 0 spiro atoms. The molecule has 1 N–H and O–H groups in total. The Morgan fingerprint density at radius 3 is 2.56 bits per heavy atom. The number of hydrogen-bond acceptors (Lipinski definition) is 3. The molecule has 0 aliphatic carbocycles. The zero-order chi connectivity index (χ0) is 19.6. The minimum absolute atomic E-state index is 0.120. The van der Waals surface area contributed by atoms with E-state index in [1.807, 2.05) is 50.2 Å². The summed E-state index contributed by atoms with van der Waals surface area (Å²) in [4.78, 5) is 12.7. The molecule has 0 aromatic heterocycles. The number of halogens is 1. The Bertz CT molecular complexity index is 731. The van der Waals surface area contributed by atoms with Gasteiger partial charge in [-0.05, 0) is 56.2 Å². The van der Waals surface area contributed by atoms with Crippen LogP contribution < -0.4 is 10.1 Å². The molecule has 2 rings (SSSR count). The van der Waals surface area contributed by atoms with E-state index in [1.54, 1.807) is 6.07 Å². The summed E-state index contributed by atoms with van der Waals surface area (Å²) in [5, 5.41) is 3.70. The molecule has 0 radical (unpaired) electrons. The normalized spacial score (nSPS) is 11.9. The highest BCUT2D eigenvalue weighted by Gasteiger charge is 2.14. The molecule has 1 amide bonds. The van der Waals surface area contributed by atoms with Crippen LogP contribution in [0, 0.1) is 0 Å². The summed E-state index contributed by atoms with van der Waals surface area (Å²) in [7, 11) is 0. The van der Waals surface area contributed by atoms with Crippen LogP contribution in [0.4, 0.5) is 0 Å². The number of amides is 1. The van der Waals surface area contributed by atoms with Gasteiger partial charge in [0.2, 0.25) is 0 Å². The average molecular weight is 390 g/mol. The maximum Gasteiger partial charge on any atom is 0.251 e. The van der Waals surface area contributed by atoms with Crippen LogP contribution in [-0.2, 0) is 11.3 Å². The Kier molecular flexibility index (Phi) is 8.62. The van der Waals surface area contributed by atoms with E-state index in [-0.39, 0.29) is 11.9 Å². The third kappa shape index (κ3) is 6.56. The minimum atomic E-state index is -0.129. The molecule has 27 heavy (non-hydrogen) atoms. The number of unbranched alkanes of at least 4 members (excludes halogenated alkanes) is 1. The van der Waals surface area contributed by atoms with E-state index in [2.05, 4.69) is 12.2 Å². The van der Waals surface area contributed by atoms with Gasteiger partial charge in [-0.2, -0.15) is 0 Å². The van der Waals surface area contributed by atoms with Gasteiger partial charge in [-0.1, -0.05) is 37.1 Å². The van der Waals surface area contributed by atoms with Crippen LogP contribution in [0.1, 0.15) is 61.1 Å². The van der Waals surface area contributed by atoms with Crippen molar-refractivity contribution in [2.24, 2.45) is 0 Å². The third-order valence-electron chi connectivity index (χ3n) is 4.24. The molecule has 0 saturated carbocycles. The lowest BCUT2D eigenvalue weighted by Gasteiger charge is -2.16. The number of nitrogens with one attached hydrogen (secondary N) is 1. The molecular weight excluding hydrogens is 362 g/mol. The Morgan fingerprint density at radius 1 is 1.15 bits per heavy atom. The van der Waals surface area contributed by atoms with Gasteiger partial charge in [0, 0.05) is 22.8 Å². The number of ether oxygens (including phenoxy) is 2. The highest BCUT2D eigenvalue weighted by Crippen LogP contribution is 2.23. The quantitative estimate of drug-likeness (QED) is 0.542. The standard InChI is InChI=1S/C22H28ClNO3/c1-4-6-13-26-15-19-14-18(9-12-21(19)27-5-2)22(25)24-16(3)17-7-10-20(23)11-8-17/h7-12,14,16H,4-6,13,15H2,1-3H3,(H,24,25). The van der Waals surface area contributed by atoms with Crippen molar-refractivity contribution in [1.82, 2.24) is 5.32 Å². The summed E-state index contributed by atoms with van der Waals surface area (Å²) in [6.45, 7) is 7.72. The first-order valence-electron chi connectivity index (χ1n) is 9.45. The molecule has 1 atom stereocenters. The smallest absolute Gasteiger partial charge is 0.251 e. The average Bonchev–Trinajstić information content (AvgIpc) is 2.67. The first-order valence-corrected chi connectivity index (χ1v) is 9.82.